The molecule has 0 aliphatic carbocycles. The van der Waals surface area contributed by atoms with E-state index < -0.39 is 76.9 Å². The molecule has 0 saturated carbocycles. The van der Waals surface area contributed by atoms with Crippen LogP contribution in [0.2, 0.25) is 0 Å². The van der Waals surface area contributed by atoms with E-state index in [1.165, 1.54) is 13.0 Å². The quantitative estimate of drug-likeness (QED) is 0.119. The van der Waals surface area contributed by atoms with Crippen LogP contribution in [-0.2, 0) is 41.5 Å². The molecule has 5 rings (SSSR count). The van der Waals surface area contributed by atoms with Gasteiger partial charge in [-0.25, -0.2) is 14.0 Å². The van der Waals surface area contributed by atoms with Gasteiger partial charge in [0.15, 0.2) is 6.61 Å². The normalized spacial score (nSPS) is 14.9. The molecule has 1 fully saturated rings. The van der Waals surface area contributed by atoms with Gasteiger partial charge in [-0.3, -0.25) is 18.8 Å². The highest BCUT2D eigenvalue weighted by Gasteiger charge is 2.36. The minimum atomic E-state index is -4.95. The third-order valence-electron chi connectivity index (χ3n) is 9.08. The number of anilines is 1. The molecular weight excluding hydrogens is 741 g/mol. The Balaban J connectivity index is 1.50. The summed E-state index contributed by atoms with van der Waals surface area (Å²) in [6, 6.07) is 11.2. The smallest absolute Gasteiger partial charge is 0.449 e. The van der Waals surface area contributed by atoms with Crippen molar-refractivity contribution in [3.63, 3.8) is 0 Å². The van der Waals surface area contributed by atoms with E-state index in [4.69, 9.17) is 13.9 Å². The molecule has 0 spiro atoms. The van der Waals surface area contributed by atoms with Crippen LogP contribution in [0, 0.1) is 12.7 Å². The number of rotatable bonds is 11. The monoisotopic (exact) mass is 782 g/mol. The molecule has 4 aromatic rings. The van der Waals surface area contributed by atoms with Crippen molar-refractivity contribution in [1.82, 2.24) is 14.0 Å². The third-order valence-corrected chi connectivity index (χ3v) is 9.08. The number of nitrogens with zero attached hydrogens (tertiary/aromatic N) is 4. The predicted molar refractivity (Wildman–Crippen MR) is 188 cm³/mol. The molecule has 0 bridgehead atoms. The Morgan fingerprint density at radius 2 is 1.53 bits per heavy atom. The number of hydrogen-bond donors (Lipinski definition) is 0. The first-order valence-electron chi connectivity index (χ1n) is 17.4. The number of ether oxygens (including phenoxy) is 2. The number of halogens is 7. The van der Waals surface area contributed by atoms with Crippen molar-refractivity contribution in [3.8, 4) is 5.75 Å². The number of piperazine rings is 1. The Kier molecular flexibility index (Phi) is 11.9. The number of esters is 1. The van der Waals surface area contributed by atoms with E-state index in [9.17, 15) is 40.7 Å². The van der Waals surface area contributed by atoms with Crippen LogP contribution in [0.25, 0.3) is 0 Å². The van der Waals surface area contributed by atoms with Gasteiger partial charge in [0.25, 0.3) is 5.56 Å². The fourth-order valence-corrected chi connectivity index (χ4v) is 6.50. The summed E-state index contributed by atoms with van der Waals surface area (Å²) in [5.41, 5.74) is -4.01. The van der Waals surface area contributed by atoms with Gasteiger partial charge in [-0.1, -0.05) is 31.2 Å². The number of alkyl halides is 6. The van der Waals surface area contributed by atoms with Gasteiger partial charge in [0, 0.05) is 49.9 Å². The SMILES string of the molecule is Cc1c(N2CCN(Cc3ccc(C(F)(F)F)o3)CC2)c(=O)n(C[C@H](C)c2ccccc2OCC(=O)OC(C)(C)C)c(=O)n1Cc1c(F)cccc1C(F)(F)F. The molecule has 2 aromatic heterocycles. The second kappa shape index (κ2) is 16.0. The maximum Gasteiger partial charge on any atom is 0.449 e. The lowest BCUT2D eigenvalue weighted by molar-refractivity contribution is -0.157. The Bertz CT molecular complexity index is 2120. The summed E-state index contributed by atoms with van der Waals surface area (Å²) in [6.07, 6.45) is -9.59. The predicted octanol–water partition coefficient (Wildman–Crippen LogP) is 6.98. The summed E-state index contributed by atoms with van der Waals surface area (Å²) in [5, 5.41) is 0. The zero-order valence-corrected chi connectivity index (χ0v) is 30.8. The molecule has 10 nitrogen and oxygen atoms in total. The van der Waals surface area contributed by atoms with E-state index in [2.05, 4.69) is 0 Å². The number of carbonyl (C=O) groups is 1. The van der Waals surface area contributed by atoms with E-state index in [-0.39, 0.29) is 62.2 Å². The molecule has 0 radical (unpaired) electrons. The minimum Gasteiger partial charge on any atom is -0.482 e. The van der Waals surface area contributed by atoms with Crippen LogP contribution < -0.4 is 20.9 Å². The molecule has 3 heterocycles. The lowest BCUT2D eigenvalue weighted by Crippen LogP contribution is -2.51. The van der Waals surface area contributed by atoms with Crippen molar-refractivity contribution in [3.05, 3.63) is 115 Å². The Labute approximate surface area is 311 Å². The van der Waals surface area contributed by atoms with Crippen LogP contribution in [0.5, 0.6) is 5.75 Å². The largest absolute Gasteiger partial charge is 0.482 e. The lowest BCUT2D eigenvalue weighted by atomic mass is 10.00. The van der Waals surface area contributed by atoms with Crippen molar-refractivity contribution >= 4 is 11.7 Å². The molecule has 1 aliphatic rings. The number of carbonyl (C=O) groups excluding carboxylic acids is 1. The molecule has 17 heteroatoms. The van der Waals surface area contributed by atoms with E-state index in [0.717, 1.165) is 27.3 Å². The molecule has 0 unspecified atom stereocenters. The highest BCUT2D eigenvalue weighted by molar-refractivity contribution is 5.71. The van der Waals surface area contributed by atoms with E-state index >= 15 is 4.39 Å². The zero-order valence-electron chi connectivity index (χ0n) is 30.8. The third kappa shape index (κ3) is 9.79. The molecule has 0 N–H and O–H groups in total. The van der Waals surface area contributed by atoms with Crippen LogP contribution in [0.3, 0.4) is 0 Å². The van der Waals surface area contributed by atoms with Crippen LogP contribution in [0.1, 0.15) is 67.5 Å². The van der Waals surface area contributed by atoms with Gasteiger partial charge >= 0.3 is 24.0 Å². The van der Waals surface area contributed by atoms with Crippen molar-refractivity contribution in [1.29, 1.82) is 0 Å². The first-order valence-corrected chi connectivity index (χ1v) is 17.4. The first kappa shape index (κ1) is 41.1. The zero-order chi connectivity index (χ0) is 40.5. The highest BCUT2D eigenvalue weighted by atomic mass is 19.4. The molecule has 1 atom stereocenters. The van der Waals surface area contributed by atoms with E-state index in [1.807, 2.05) is 4.90 Å². The van der Waals surface area contributed by atoms with Crippen LogP contribution in [0.4, 0.5) is 36.4 Å². The van der Waals surface area contributed by atoms with Crippen molar-refractivity contribution in [2.45, 2.75) is 78.1 Å². The van der Waals surface area contributed by atoms with Gasteiger partial charge in [-0.2, -0.15) is 26.3 Å². The molecule has 1 saturated heterocycles. The summed E-state index contributed by atoms with van der Waals surface area (Å²) >= 11 is 0. The molecule has 0 amide bonds. The van der Waals surface area contributed by atoms with Gasteiger partial charge in [0.1, 0.15) is 28.6 Å². The van der Waals surface area contributed by atoms with Crippen molar-refractivity contribution < 1.29 is 49.4 Å². The number of furan rings is 1. The molecule has 298 valence electrons. The highest BCUT2D eigenvalue weighted by Crippen LogP contribution is 2.34. The lowest BCUT2D eigenvalue weighted by Gasteiger charge is -2.36. The maximum atomic E-state index is 15.1. The summed E-state index contributed by atoms with van der Waals surface area (Å²) in [7, 11) is 0. The minimum absolute atomic E-state index is 0.00293. The average molecular weight is 783 g/mol. The van der Waals surface area contributed by atoms with Crippen molar-refractivity contribution in [2.24, 2.45) is 0 Å². The van der Waals surface area contributed by atoms with Gasteiger partial charge < -0.3 is 18.8 Å². The van der Waals surface area contributed by atoms with Gasteiger partial charge in [-0.15, -0.1) is 0 Å². The maximum absolute atomic E-state index is 15.1. The van der Waals surface area contributed by atoms with Gasteiger partial charge in [0.05, 0.1) is 18.7 Å². The summed E-state index contributed by atoms with van der Waals surface area (Å²) < 4.78 is 114. The summed E-state index contributed by atoms with van der Waals surface area (Å²) in [4.78, 5) is 44.3. The first-order chi connectivity index (χ1) is 25.6. The van der Waals surface area contributed by atoms with Crippen LogP contribution >= 0.6 is 0 Å². The number of hydrogen-bond acceptors (Lipinski definition) is 8. The fourth-order valence-electron chi connectivity index (χ4n) is 6.50. The number of para-hydroxylation sites is 1. The van der Waals surface area contributed by atoms with E-state index in [0.29, 0.717) is 11.6 Å². The molecular formula is C38H41F7N4O6. The second-order valence-corrected chi connectivity index (χ2v) is 14.3. The topological polar surface area (TPSA) is 99.2 Å². The number of benzene rings is 2. The summed E-state index contributed by atoms with van der Waals surface area (Å²) in [5.74, 6) is -3.21. The van der Waals surface area contributed by atoms with Gasteiger partial charge in [0.2, 0.25) is 5.76 Å². The standard InChI is InChI=1S/C38H41F7N4O6/c1-23(26-9-6-7-12-30(26)53-22-32(50)55-36(3,4)5)19-49-34(51)33(47-17-15-46(16-18-47)20-25-13-14-31(54-25)38(43,44)45)24(2)48(35(49)52)21-27-28(37(40,41)42)10-8-11-29(27)39/h6-14,23H,15-22H2,1-5H3/t23-/m0/s1. The second-order valence-electron chi connectivity index (χ2n) is 14.3. The Morgan fingerprint density at radius 1 is 0.855 bits per heavy atom. The number of aromatic nitrogens is 2. The molecule has 55 heavy (non-hydrogen) atoms. The summed E-state index contributed by atoms with van der Waals surface area (Å²) in [6.45, 7) is 7.53. The average Bonchev–Trinajstić information content (AvgIpc) is 3.57. The Morgan fingerprint density at radius 3 is 2.15 bits per heavy atom. The van der Waals surface area contributed by atoms with Gasteiger partial charge in [-0.05, 0) is 63.6 Å². The Hall–Kier alpha value is -5.06. The van der Waals surface area contributed by atoms with Crippen LogP contribution in [-0.4, -0.2) is 58.4 Å². The molecule has 1 aliphatic heterocycles. The van der Waals surface area contributed by atoms with E-state index in [1.54, 1.807) is 56.9 Å². The van der Waals surface area contributed by atoms with Crippen LogP contribution in [0.15, 0.2) is 68.6 Å². The molecule has 2 aromatic carbocycles. The fraction of sp³-hybridized carbons (Fsp3) is 0.447. The van der Waals surface area contributed by atoms with Crippen molar-refractivity contribution in [2.75, 3.05) is 37.7 Å².